The Morgan fingerprint density at radius 1 is 1.15 bits per heavy atom. The summed E-state index contributed by atoms with van der Waals surface area (Å²) in [6, 6.07) is 5.11. The van der Waals surface area contributed by atoms with Gasteiger partial charge in [0.05, 0.1) is 5.56 Å². The molecule has 0 aromatic heterocycles. The van der Waals surface area contributed by atoms with Crippen molar-refractivity contribution < 1.29 is 9.59 Å². The summed E-state index contributed by atoms with van der Waals surface area (Å²) in [6.07, 6.45) is 0.261. The van der Waals surface area contributed by atoms with Crippen LogP contribution in [0.15, 0.2) is 18.2 Å². The highest BCUT2D eigenvalue weighted by molar-refractivity contribution is 6.31. The fraction of sp³-hybridized carbons (Fsp3) is 0.429. The van der Waals surface area contributed by atoms with Crippen LogP contribution in [0.4, 0.5) is 5.69 Å². The Kier molecular flexibility index (Phi) is 6.87. The van der Waals surface area contributed by atoms with Gasteiger partial charge in [-0.25, -0.2) is 0 Å². The third-order valence-corrected chi connectivity index (χ3v) is 2.84. The Morgan fingerprint density at radius 2 is 1.90 bits per heavy atom. The maximum absolute atomic E-state index is 12.1. The fourth-order valence-corrected chi connectivity index (χ4v) is 1.89. The van der Waals surface area contributed by atoms with Crippen molar-refractivity contribution >= 4 is 29.1 Å². The number of amides is 2. The van der Waals surface area contributed by atoms with Gasteiger partial charge < -0.3 is 16.0 Å². The molecule has 1 aromatic rings. The van der Waals surface area contributed by atoms with Crippen molar-refractivity contribution in [2.45, 2.75) is 20.3 Å². The zero-order valence-electron chi connectivity index (χ0n) is 11.8. The summed E-state index contributed by atoms with van der Waals surface area (Å²) in [4.78, 5) is 23.4. The van der Waals surface area contributed by atoms with Crippen molar-refractivity contribution in [3.8, 4) is 0 Å². The molecule has 20 heavy (non-hydrogen) atoms. The zero-order chi connectivity index (χ0) is 15.0. The Morgan fingerprint density at radius 3 is 2.55 bits per heavy atom. The summed E-state index contributed by atoms with van der Waals surface area (Å²) in [6.45, 7) is 5.39. The summed E-state index contributed by atoms with van der Waals surface area (Å²) in [5, 5.41) is 9.00. The topological polar surface area (TPSA) is 70.2 Å². The molecule has 110 valence electrons. The molecule has 0 spiro atoms. The lowest BCUT2D eigenvalue weighted by molar-refractivity contribution is -0.120. The van der Waals surface area contributed by atoms with Crippen molar-refractivity contribution in [1.82, 2.24) is 10.6 Å². The van der Waals surface area contributed by atoms with Crippen LogP contribution in [0.25, 0.3) is 0 Å². The van der Waals surface area contributed by atoms with Gasteiger partial charge in [-0.3, -0.25) is 9.59 Å². The van der Waals surface area contributed by atoms with Crippen molar-refractivity contribution in [2.24, 2.45) is 0 Å². The maximum Gasteiger partial charge on any atom is 0.253 e. The standard InChI is InChI=1S/C14H20ClN3O2/c1-3-16-12-6-5-10(15)9-11(12)14(20)18-8-7-13(19)17-4-2/h5-6,9,16H,3-4,7-8H2,1-2H3,(H,17,19)(H,18,20). The van der Waals surface area contributed by atoms with Crippen molar-refractivity contribution in [2.75, 3.05) is 25.0 Å². The minimum Gasteiger partial charge on any atom is -0.385 e. The van der Waals surface area contributed by atoms with E-state index >= 15 is 0 Å². The molecule has 2 amide bonds. The quantitative estimate of drug-likeness (QED) is 0.721. The molecule has 3 N–H and O–H groups in total. The van der Waals surface area contributed by atoms with E-state index < -0.39 is 0 Å². The zero-order valence-corrected chi connectivity index (χ0v) is 12.5. The predicted molar refractivity (Wildman–Crippen MR) is 81.2 cm³/mol. The molecule has 0 atom stereocenters. The SMILES string of the molecule is CCNC(=O)CCNC(=O)c1cc(Cl)ccc1NCC. The first-order valence-corrected chi connectivity index (χ1v) is 7.04. The highest BCUT2D eigenvalue weighted by Crippen LogP contribution is 2.20. The number of nitrogens with one attached hydrogen (secondary N) is 3. The number of halogens is 1. The number of anilines is 1. The highest BCUT2D eigenvalue weighted by atomic mass is 35.5. The monoisotopic (exact) mass is 297 g/mol. The molecule has 0 bridgehead atoms. The molecule has 0 aliphatic rings. The summed E-state index contributed by atoms with van der Waals surface area (Å²) in [5.41, 5.74) is 1.21. The second kappa shape index (κ2) is 8.43. The van der Waals surface area contributed by atoms with Crippen LogP contribution >= 0.6 is 11.6 Å². The number of hydrogen-bond donors (Lipinski definition) is 3. The molecule has 0 unspecified atom stereocenters. The van der Waals surface area contributed by atoms with E-state index in [4.69, 9.17) is 11.6 Å². The lowest BCUT2D eigenvalue weighted by atomic mass is 10.1. The molecule has 1 aromatic carbocycles. The van der Waals surface area contributed by atoms with Crippen LogP contribution in [-0.2, 0) is 4.79 Å². The van der Waals surface area contributed by atoms with Gasteiger partial charge >= 0.3 is 0 Å². The van der Waals surface area contributed by atoms with E-state index in [1.807, 2.05) is 13.8 Å². The van der Waals surface area contributed by atoms with E-state index in [0.29, 0.717) is 30.2 Å². The normalized spacial score (nSPS) is 9.95. The molecule has 1 rings (SSSR count). The smallest absolute Gasteiger partial charge is 0.253 e. The fourth-order valence-electron chi connectivity index (χ4n) is 1.72. The van der Waals surface area contributed by atoms with Gasteiger partial charge in [0.1, 0.15) is 0 Å². The Labute approximate surface area is 124 Å². The van der Waals surface area contributed by atoms with Crippen LogP contribution in [0, 0.1) is 0 Å². The average molecular weight is 298 g/mol. The van der Waals surface area contributed by atoms with Gasteiger partial charge in [0, 0.05) is 36.8 Å². The van der Waals surface area contributed by atoms with Crippen molar-refractivity contribution in [3.05, 3.63) is 28.8 Å². The minimum absolute atomic E-state index is 0.0780. The molecule has 6 heteroatoms. The lowest BCUT2D eigenvalue weighted by Crippen LogP contribution is -2.31. The van der Waals surface area contributed by atoms with E-state index in [-0.39, 0.29) is 18.2 Å². The van der Waals surface area contributed by atoms with Gasteiger partial charge in [0.25, 0.3) is 5.91 Å². The van der Waals surface area contributed by atoms with Gasteiger partial charge in [-0.1, -0.05) is 11.6 Å². The van der Waals surface area contributed by atoms with Crippen molar-refractivity contribution in [3.63, 3.8) is 0 Å². The first-order valence-electron chi connectivity index (χ1n) is 6.66. The number of rotatable bonds is 7. The van der Waals surface area contributed by atoms with E-state index in [1.54, 1.807) is 18.2 Å². The van der Waals surface area contributed by atoms with Crippen LogP contribution in [0.5, 0.6) is 0 Å². The summed E-state index contributed by atoms with van der Waals surface area (Å²) in [7, 11) is 0. The van der Waals surface area contributed by atoms with E-state index in [0.717, 1.165) is 5.69 Å². The molecule has 0 aliphatic carbocycles. The van der Waals surface area contributed by atoms with Crippen molar-refractivity contribution in [1.29, 1.82) is 0 Å². The first-order chi connectivity index (χ1) is 9.58. The average Bonchev–Trinajstić information content (AvgIpc) is 2.41. The van der Waals surface area contributed by atoms with Gasteiger partial charge in [-0.05, 0) is 32.0 Å². The Bertz CT molecular complexity index is 477. The minimum atomic E-state index is -0.243. The molecule has 0 heterocycles. The Balaban J connectivity index is 2.62. The molecular weight excluding hydrogens is 278 g/mol. The van der Waals surface area contributed by atoms with Crippen LogP contribution in [0.1, 0.15) is 30.6 Å². The van der Waals surface area contributed by atoms with Gasteiger partial charge in [-0.2, -0.15) is 0 Å². The van der Waals surface area contributed by atoms with E-state index in [1.165, 1.54) is 0 Å². The Hall–Kier alpha value is -1.75. The van der Waals surface area contributed by atoms with Gasteiger partial charge in [0.2, 0.25) is 5.91 Å². The molecule has 0 radical (unpaired) electrons. The number of carbonyl (C=O) groups is 2. The molecule has 0 saturated heterocycles. The highest BCUT2D eigenvalue weighted by Gasteiger charge is 2.12. The lowest BCUT2D eigenvalue weighted by Gasteiger charge is -2.11. The maximum atomic E-state index is 12.1. The molecule has 5 nitrogen and oxygen atoms in total. The van der Waals surface area contributed by atoms with Gasteiger partial charge in [-0.15, -0.1) is 0 Å². The largest absolute Gasteiger partial charge is 0.385 e. The number of carbonyl (C=O) groups excluding carboxylic acids is 2. The number of hydrogen-bond acceptors (Lipinski definition) is 3. The summed E-state index contributed by atoms with van der Waals surface area (Å²) < 4.78 is 0. The van der Waals surface area contributed by atoms with Crippen LogP contribution in [-0.4, -0.2) is 31.4 Å². The van der Waals surface area contributed by atoms with Crippen LogP contribution < -0.4 is 16.0 Å². The molecule has 0 saturated carbocycles. The van der Waals surface area contributed by atoms with Gasteiger partial charge in [0.15, 0.2) is 0 Å². The van der Waals surface area contributed by atoms with Crippen LogP contribution in [0.3, 0.4) is 0 Å². The molecule has 0 aliphatic heterocycles. The molecular formula is C14H20ClN3O2. The molecule has 0 fully saturated rings. The predicted octanol–water partition coefficient (Wildman–Crippen LogP) is 2.03. The van der Waals surface area contributed by atoms with E-state index in [9.17, 15) is 9.59 Å². The van der Waals surface area contributed by atoms with Crippen LogP contribution in [0.2, 0.25) is 5.02 Å². The third kappa shape index (κ3) is 5.09. The second-order valence-electron chi connectivity index (χ2n) is 4.18. The second-order valence-corrected chi connectivity index (χ2v) is 4.62. The third-order valence-electron chi connectivity index (χ3n) is 2.61. The van der Waals surface area contributed by atoms with E-state index in [2.05, 4.69) is 16.0 Å². The first kappa shape index (κ1) is 16.3. The summed E-state index contributed by atoms with van der Waals surface area (Å²) >= 11 is 5.91. The summed E-state index contributed by atoms with van der Waals surface area (Å²) in [5.74, 6) is -0.321. The number of benzene rings is 1.